The van der Waals surface area contributed by atoms with Crippen molar-refractivity contribution in [2.24, 2.45) is 0 Å². The van der Waals surface area contributed by atoms with E-state index in [4.69, 9.17) is 0 Å². The number of amides is 1. The number of unbranched alkanes of at least 4 members (excludes halogenated alkanes) is 1. The molecule has 0 aliphatic carbocycles. The highest BCUT2D eigenvalue weighted by Gasteiger charge is 2.18. The van der Waals surface area contributed by atoms with Crippen molar-refractivity contribution in [3.63, 3.8) is 0 Å². The first-order valence-corrected chi connectivity index (χ1v) is 7.85. The van der Waals surface area contributed by atoms with Crippen molar-refractivity contribution in [3.05, 3.63) is 47.0 Å². The number of hydrogen-bond acceptors (Lipinski definition) is 4. The molecule has 1 heterocycles. The highest BCUT2D eigenvalue weighted by molar-refractivity contribution is 6.03. The van der Waals surface area contributed by atoms with Crippen molar-refractivity contribution in [1.29, 1.82) is 0 Å². The maximum absolute atomic E-state index is 13.7. The van der Waals surface area contributed by atoms with Crippen LogP contribution in [0, 0.1) is 24.4 Å². The number of hydrogen-bond donors (Lipinski definition) is 1. The van der Waals surface area contributed by atoms with Crippen LogP contribution in [0.1, 0.15) is 35.9 Å². The molecule has 0 fully saturated rings. The van der Waals surface area contributed by atoms with E-state index in [1.807, 2.05) is 4.90 Å². The molecule has 0 bridgehead atoms. The lowest BCUT2D eigenvalue weighted by Gasteiger charge is -2.17. The summed E-state index contributed by atoms with van der Waals surface area (Å²) in [5, 5.41) is 2.20. The smallest absolute Gasteiger partial charge is 0.274 e. The Morgan fingerprint density at radius 1 is 1.20 bits per heavy atom. The summed E-state index contributed by atoms with van der Waals surface area (Å²) in [5.74, 6) is -4.80. The number of benzene rings is 1. The van der Waals surface area contributed by atoms with Crippen molar-refractivity contribution >= 4 is 17.5 Å². The summed E-state index contributed by atoms with van der Waals surface area (Å²) in [4.78, 5) is 22.5. The average Bonchev–Trinajstić information content (AvgIpc) is 2.59. The summed E-state index contributed by atoms with van der Waals surface area (Å²) < 4.78 is 39.9. The zero-order valence-corrected chi connectivity index (χ0v) is 14.2. The van der Waals surface area contributed by atoms with Gasteiger partial charge < -0.3 is 10.2 Å². The third kappa shape index (κ3) is 4.46. The summed E-state index contributed by atoms with van der Waals surface area (Å²) in [6, 6.07) is 3.13. The van der Waals surface area contributed by atoms with Gasteiger partial charge in [-0.2, -0.15) is 0 Å². The molecule has 0 saturated heterocycles. The van der Waals surface area contributed by atoms with Crippen LogP contribution in [0.25, 0.3) is 0 Å². The molecule has 2 rings (SSSR count). The third-order valence-corrected chi connectivity index (χ3v) is 3.55. The van der Waals surface area contributed by atoms with E-state index in [9.17, 15) is 18.0 Å². The minimum absolute atomic E-state index is 0.00924. The van der Waals surface area contributed by atoms with Crippen molar-refractivity contribution in [3.8, 4) is 0 Å². The molecular formula is C17H19F3N4O. The number of aromatic nitrogens is 2. The zero-order chi connectivity index (χ0) is 18.6. The number of rotatable bonds is 6. The van der Waals surface area contributed by atoms with Gasteiger partial charge in [-0.15, -0.1) is 0 Å². The molecule has 2 aromatic rings. The van der Waals surface area contributed by atoms with E-state index >= 15 is 0 Å². The lowest BCUT2D eigenvalue weighted by Crippen LogP contribution is -2.23. The van der Waals surface area contributed by atoms with E-state index in [0.29, 0.717) is 11.6 Å². The maximum atomic E-state index is 13.7. The van der Waals surface area contributed by atoms with Crippen LogP contribution in [-0.4, -0.2) is 29.5 Å². The number of nitrogens with one attached hydrogen (secondary N) is 1. The van der Waals surface area contributed by atoms with Gasteiger partial charge in [-0.1, -0.05) is 13.3 Å². The number of carbonyl (C=O) groups is 1. The van der Waals surface area contributed by atoms with Gasteiger partial charge in [-0.05, 0) is 31.5 Å². The average molecular weight is 352 g/mol. The van der Waals surface area contributed by atoms with Gasteiger partial charge in [-0.3, -0.25) is 4.79 Å². The van der Waals surface area contributed by atoms with Crippen LogP contribution in [0.4, 0.5) is 24.8 Å². The van der Waals surface area contributed by atoms with Gasteiger partial charge >= 0.3 is 0 Å². The van der Waals surface area contributed by atoms with E-state index in [1.165, 1.54) is 6.07 Å². The quantitative estimate of drug-likeness (QED) is 0.806. The van der Waals surface area contributed by atoms with Gasteiger partial charge in [0, 0.05) is 19.3 Å². The Morgan fingerprint density at radius 3 is 2.60 bits per heavy atom. The molecule has 0 spiro atoms. The van der Waals surface area contributed by atoms with Gasteiger partial charge in [0.2, 0.25) is 5.95 Å². The molecule has 0 aliphatic heterocycles. The first-order valence-electron chi connectivity index (χ1n) is 7.85. The monoisotopic (exact) mass is 352 g/mol. The SMILES string of the molecule is CCCCN(C)c1nc(C)cc(C(=O)Nc2ccc(F)c(F)c2F)n1. The van der Waals surface area contributed by atoms with Crippen molar-refractivity contribution in [1.82, 2.24) is 9.97 Å². The second-order valence-corrected chi connectivity index (χ2v) is 5.65. The Morgan fingerprint density at radius 2 is 1.92 bits per heavy atom. The highest BCUT2D eigenvalue weighted by atomic mass is 19.2. The molecule has 0 atom stereocenters. The Kier molecular flexibility index (Phi) is 5.95. The maximum Gasteiger partial charge on any atom is 0.274 e. The number of nitrogens with zero attached hydrogens (tertiary/aromatic N) is 3. The van der Waals surface area contributed by atoms with E-state index < -0.39 is 29.0 Å². The second kappa shape index (κ2) is 7.96. The van der Waals surface area contributed by atoms with Crippen molar-refractivity contribution < 1.29 is 18.0 Å². The van der Waals surface area contributed by atoms with Crippen molar-refractivity contribution in [2.45, 2.75) is 26.7 Å². The fraction of sp³-hybridized carbons (Fsp3) is 0.353. The molecule has 0 saturated carbocycles. The van der Waals surface area contributed by atoms with Gasteiger partial charge in [0.05, 0.1) is 5.69 Å². The molecule has 0 aliphatic rings. The van der Waals surface area contributed by atoms with Gasteiger partial charge in [0.25, 0.3) is 5.91 Å². The van der Waals surface area contributed by atoms with Crippen LogP contribution >= 0.6 is 0 Å². The molecular weight excluding hydrogens is 333 g/mol. The minimum Gasteiger partial charge on any atom is -0.344 e. The molecule has 0 unspecified atom stereocenters. The summed E-state index contributed by atoms with van der Waals surface area (Å²) >= 11 is 0. The van der Waals surface area contributed by atoms with Crippen LogP contribution < -0.4 is 10.2 Å². The van der Waals surface area contributed by atoms with E-state index in [1.54, 1.807) is 14.0 Å². The first-order chi connectivity index (χ1) is 11.8. The second-order valence-electron chi connectivity index (χ2n) is 5.65. The zero-order valence-electron chi connectivity index (χ0n) is 14.2. The van der Waals surface area contributed by atoms with E-state index in [2.05, 4.69) is 22.2 Å². The normalized spacial score (nSPS) is 10.6. The van der Waals surface area contributed by atoms with Crippen molar-refractivity contribution in [2.75, 3.05) is 23.8 Å². The molecule has 25 heavy (non-hydrogen) atoms. The lowest BCUT2D eigenvalue weighted by atomic mass is 10.2. The minimum atomic E-state index is -1.64. The van der Waals surface area contributed by atoms with Crippen LogP contribution in [0.3, 0.4) is 0 Å². The summed E-state index contributed by atoms with van der Waals surface area (Å²) in [6.07, 6.45) is 1.94. The summed E-state index contributed by atoms with van der Waals surface area (Å²) in [5.41, 5.74) is 0.111. The largest absolute Gasteiger partial charge is 0.344 e. The Bertz CT molecular complexity index is 783. The molecule has 1 amide bonds. The molecule has 8 heteroatoms. The van der Waals surface area contributed by atoms with Gasteiger partial charge in [0.15, 0.2) is 17.5 Å². The molecule has 1 aromatic heterocycles. The number of carbonyl (C=O) groups excluding carboxylic acids is 1. The molecule has 1 N–H and O–H groups in total. The number of anilines is 2. The molecule has 5 nitrogen and oxygen atoms in total. The van der Waals surface area contributed by atoms with E-state index in [0.717, 1.165) is 31.5 Å². The Labute approximate surface area is 143 Å². The van der Waals surface area contributed by atoms with Gasteiger partial charge in [0.1, 0.15) is 5.69 Å². The standard InChI is InChI=1S/C17H19F3N4O/c1-4-5-8-24(3)17-21-10(2)9-13(23-17)16(25)22-12-7-6-11(18)14(19)15(12)20/h6-7,9H,4-5,8H2,1-3H3,(H,22,25). The summed E-state index contributed by atoms with van der Waals surface area (Å²) in [7, 11) is 1.81. The highest BCUT2D eigenvalue weighted by Crippen LogP contribution is 2.20. The predicted molar refractivity (Wildman–Crippen MR) is 89.2 cm³/mol. The van der Waals surface area contributed by atoms with Crippen LogP contribution in [0.15, 0.2) is 18.2 Å². The van der Waals surface area contributed by atoms with E-state index in [-0.39, 0.29) is 5.69 Å². The topological polar surface area (TPSA) is 58.1 Å². The number of halogens is 3. The Balaban J connectivity index is 2.25. The van der Waals surface area contributed by atoms with Crippen LogP contribution in [0.5, 0.6) is 0 Å². The third-order valence-electron chi connectivity index (χ3n) is 3.55. The lowest BCUT2D eigenvalue weighted by molar-refractivity contribution is 0.102. The van der Waals surface area contributed by atoms with Gasteiger partial charge in [-0.25, -0.2) is 23.1 Å². The molecule has 134 valence electrons. The molecule has 1 aromatic carbocycles. The van der Waals surface area contributed by atoms with Crippen LogP contribution in [0.2, 0.25) is 0 Å². The first kappa shape index (κ1) is 18.7. The Hall–Kier alpha value is -2.64. The fourth-order valence-electron chi connectivity index (χ4n) is 2.14. The predicted octanol–water partition coefficient (Wildman–Crippen LogP) is 3.69. The molecule has 0 radical (unpaired) electrons. The summed E-state index contributed by atoms with van der Waals surface area (Å²) in [6.45, 7) is 4.48. The number of aryl methyl sites for hydroxylation is 1. The fourth-order valence-corrected chi connectivity index (χ4v) is 2.14. The van der Waals surface area contributed by atoms with Crippen LogP contribution in [-0.2, 0) is 0 Å².